The summed E-state index contributed by atoms with van der Waals surface area (Å²) in [7, 11) is 0. The SMILES string of the molecule is CCCCCCC(C)OC(=O)C1CCNC1C. The fourth-order valence-electron chi connectivity index (χ4n) is 2.38. The van der Waals surface area contributed by atoms with Gasteiger partial charge >= 0.3 is 5.97 Å². The summed E-state index contributed by atoms with van der Waals surface area (Å²) in [4.78, 5) is 11.9. The van der Waals surface area contributed by atoms with E-state index in [4.69, 9.17) is 4.74 Å². The molecule has 1 aliphatic heterocycles. The lowest BCUT2D eigenvalue weighted by Crippen LogP contribution is -2.31. The fraction of sp³-hybridized carbons (Fsp3) is 0.929. The van der Waals surface area contributed by atoms with E-state index in [1.54, 1.807) is 0 Å². The van der Waals surface area contributed by atoms with E-state index in [-0.39, 0.29) is 24.0 Å². The van der Waals surface area contributed by atoms with Crippen molar-refractivity contribution in [3.63, 3.8) is 0 Å². The van der Waals surface area contributed by atoms with Crippen LogP contribution in [0.1, 0.15) is 59.3 Å². The minimum Gasteiger partial charge on any atom is -0.462 e. The van der Waals surface area contributed by atoms with Gasteiger partial charge in [0, 0.05) is 6.04 Å². The highest BCUT2D eigenvalue weighted by atomic mass is 16.5. The number of hydrogen-bond donors (Lipinski definition) is 1. The van der Waals surface area contributed by atoms with Gasteiger partial charge in [-0.1, -0.05) is 26.2 Å². The molecule has 0 spiro atoms. The van der Waals surface area contributed by atoms with Crippen LogP contribution in [-0.4, -0.2) is 24.7 Å². The quantitative estimate of drug-likeness (QED) is 0.550. The van der Waals surface area contributed by atoms with Crippen molar-refractivity contribution in [2.24, 2.45) is 5.92 Å². The molecule has 1 aliphatic rings. The fourth-order valence-corrected chi connectivity index (χ4v) is 2.38. The molecule has 0 aliphatic carbocycles. The molecule has 1 saturated heterocycles. The van der Waals surface area contributed by atoms with E-state index < -0.39 is 0 Å². The van der Waals surface area contributed by atoms with Crippen LogP contribution in [0, 0.1) is 5.92 Å². The van der Waals surface area contributed by atoms with Gasteiger partial charge in [0.2, 0.25) is 0 Å². The van der Waals surface area contributed by atoms with Crippen LogP contribution in [0.3, 0.4) is 0 Å². The first-order valence-electron chi connectivity index (χ1n) is 7.09. The van der Waals surface area contributed by atoms with Gasteiger partial charge in [-0.25, -0.2) is 0 Å². The average molecular weight is 241 g/mol. The number of unbranched alkanes of at least 4 members (excludes halogenated alkanes) is 3. The highest BCUT2D eigenvalue weighted by Crippen LogP contribution is 2.18. The minimum atomic E-state index is -0.00880. The zero-order valence-corrected chi connectivity index (χ0v) is 11.5. The Hall–Kier alpha value is -0.570. The van der Waals surface area contributed by atoms with Gasteiger partial charge in [-0.2, -0.15) is 0 Å². The van der Waals surface area contributed by atoms with Crippen LogP contribution in [-0.2, 0) is 9.53 Å². The van der Waals surface area contributed by atoms with E-state index in [1.807, 2.05) is 6.92 Å². The normalized spacial score (nSPS) is 25.8. The zero-order valence-electron chi connectivity index (χ0n) is 11.5. The first-order chi connectivity index (χ1) is 8.15. The Kier molecular flexibility index (Phi) is 6.56. The summed E-state index contributed by atoms with van der Waals surface area (Å²) in [6.07, 6.45) is 6.94. The lowest BCUT2D eigenvalue weighted by molar-refractivity contribution is -0.153. The van der Waals surface area contributed by atoms with E-state index in [9.17, 15) is 4.79 Å². The van der Waals surface area contributed by atoms with Crippen molar-refractivity contribution >= 4 is 5.97 Å². The molecule has 0 aromatic rings. The molecule has 3 heteroatoms. The largest absolute Gasteiger partial charge is 0.462 e. The number of nitrogens with one attached hydrogen (secondary N) is 1. The molecule has 3 atom stereocenters. The molecule has 0 bridgehead atoms. The maximum Gasteiger partial charge on any atom is 0.310 e. The molecular weight excluding hydrogens is 214 g/mol. The Labute approximate surface area is 105 Å². The first kappa shape index (κ1) is 14.5. The van der Waals surface area contributed by atoms with Crippen LogP contribution in [0.25, 0.3) is 0 Å². The lowest BCUT2D eigenvalue weighted by Gasteiger charge is -2.18. The van der Waals surface area contributed by atoms with Crippen LogP contribution in [0.4, 0.5) is 0 Å². The third kappa shape index (κ3) is 5.07. The Morgan fingerprint density at radius 3 is 2.76 bits per heavy atom. The predicted molar refractivity (Wildman–Crippen MR) is 69.9 cm³/mol. The number of rotatable bonds is 7. The molecule has 0 amide bonds. The van der Waals surface area contributed by atoms with Crippen LogP contribution < -0.4 is 5.32 Å². The van der Waals surface area contributed by atoms with Gasteiger partial charge in [-0.15, -0.1) is 0 Å². The Morgan fingerprint density at radius 2 is 2.18 bits per heavy atom. The Balaban J connectivity index is 2.16. The van der Waals surface area contributed by atoms with Gasteiger partial charge in [-0.3, -0.25) is 4.79 Å². The van der Waals surface area contributed by atoms with Crippen molar-refractivity contribution in [1.82, 2.24) is 5.32 Å². The summed E-state index contributed by atoms with van der Waals surface area (Å²) in [6.45, 7) is 7.21. The van der Waals surface area contributed by atoms with E-state index >= 15 is 0 Å². The van der Waals surface area contributed by atoms with Crippen molar-refractivity contribution in [2.45, 2.75) is 71.4 Å². The minimum absolute atomic E-state index is 0.00880. The second-order valence-corrected chi connectivity index (χ2v) is 5.23. The molecule has 3 nitrogen and oxygen atoms in total. The van der Waals surface area contributed by atoms with E-state index in [0.29, 0.717) is 0 Å². The molecule has 3 unspecified atom stereocenters. The van der Waals surface area contributed by atoms with Crippen LogP contribution in [0.15, 0.2) is 0 Å². The van der Waals surface area contributed by atoms with Crippen molar-refractivity contribution in [1.29, 1.82) is 0 Å². The second kappa shape index (κ2) is 7.70. The summed E-state index contributed by atoms with van der Waals surface area (Å²) in [6, 6.07) is 0.273. The van der Waals surface area contributed by atoms with E-state index in [2.05, 4.69) is 19.2 Å². The summed E-state index contributed by atoms with van der Waals surface area (Å²) in [5.74, 6) is 0.0542. The van der Waals surface area contributed by atoms with Gasteiger partial charge in [0.05, 0.1) is 12.0 Å². The number of carbonyl (C=O) groups excluding carboxylic acids is 1. The third-order valence-electron chi connectivity index (χ3n) is 3.61. The molecule has 0 radical (unpaired) electrons. The summed E-state index contributed by atoms with van der Waals surface area (Å²) in [5, 5.41) is 3.28. The third-order valence-corrected chi connectivity index (χ3v) is 3.61. The van der Waals surface area contributed by atoms with Gasteiger partial charge in [-0.05, 0) is 39.7 Å². The van der Waals surface area contributed by atoms with Crippen LogP contribution in [0.2, 0.25) is 0 Å². The van der Waals surface area contributed by atoms with Crippen molar-refractivity contribution < 1.29 is 9.53 Å². The van der Waals surface area contributed by atoms with Crippen molar-refractivity contribution in [3.05, 3.63) is 0 Å². The van der Waals surface area contributed by atoms with Crippen molar-refractivity contribution in [2.75, 3.05) is 6.54 Å². The maximum absolute atomic E-state index is 11.9. The monoisotopic (exact) mass is 241 g/mol. The summed E-state index contributed by atoms with van der Waals surface area (Å²) >= 11 is 0. The molecule has 0 aromatic heterocycles. The average Bonchev–Trinajstić information content (AvgIpc) is 2.71. The molecule has 1 rings (SSSR count). The summed E-state index contributed by atoms with van der Waals surface area (Å²) in [5.41, 5.74) is 0. The van der Waals surface area contributed by atoms with Gasteiger partial charge < -0.3 is 10.1 Å². The van der Waals surface area contributed by atoms with E-state index in [0.717, 1.165) is 19.4 Å². The zero-order chi connectivity index (χ0) is 12.7. The lowest BCUT2D eigenvalue weighted by atomic mass is 10.0. The number of hydrogen-bond acceptors (Lipinski definition) is 3. The molecule has 0 aromatic carbocycles. The molecule has 17 heavy (non-hydrogen) atoms. The number of carbonyl (C=O) groups is 1. The van der Waals surface area contributed by atoms with Gasteiger partial charge in [0.1, 0.15) is 0 Å². The Morgan fingerprint density at radius 1 is 1.41 bits per heavy atom. The van der Waals surface area contributed by atoms with Crippen LogP contribution >= 0.6 is 0 Å². The molecular formula is C14H27NO2. The molecule has 1 heterocycles. The molecule has 0 saturated carbocycles. The van der Waals surface area contributed by atoms with Crippen LogP contribution in [0.5, 0.6) is 0 Å². The topological polar surface area (TPSA) is 38.3 Å². The maximum atomic E-state index is 11.9. The molecule has 100 valence electrons. The Bertz CT molecular complexity index is 230. The second-order valence-electron chi connectivity index (χ2n) is 5.23. The predicted octanol–water partition coefficient (Wildman–Crippen LogP) is 2.89. The van der Waals surface area contributed by atoms with Crippen molar-refractivity contribution in [3.8, 4) is 0 Å². The van der Waals surface area contributed by atoms with E-state index in [1.165, 1.54) is 25.7 Å². The highest BCUT2D eigenvalue weighted by Gasteiger charge is 2.31. The summed E-state index contributed by atoms with van der Waals surface area (Å²) < 4.78 is 5.51. The highest BCUT2D eigenvalue weighted by molar-refractivity contribution is 5.73. The smallest absolute Gasteiger partial charge is 0.310 e. The van der Waals surface area contributed by atoms with Gasteiger partial charge in [0.25, 0.3) is 0 Å². The molecule has 1 fully saturated rings. The number of ether oxygens (including phenoxy) is 1. The molecule has 1 N–H and O–H groups in total. The van der Waals surface area contributed by atoms with Gasteiger partial charge in [0.15, 0.2) is 0 Å². The first-order valence-corrected chi connectivity index (χ1v) is 7.09. The standard InChI is InChI=1S/C14H27NO2/c1-4-5-6-7-8-11(2)17-14(16)13-9-10-15-12(13)3/h11-13,15H,4-10H2,1-3H3. The number of esters is 1.